The Morgan fingerprint density at radius 1 is 0.846 bits per heavy atom. The third-order valence-electron chi connectivity index (χ3n) is 4.56. The summed E-state index contributed by atoms with van der Waals surface area (Å²) in [4.78, 5) is 2.81. The predicted molar refractivity (Wildman–Crippen MR) is 54.7 cm³/mol. The van der Waals surface area contributed by atoms with Crippen molar-refractivity contribution >= 4 is 0 Å². The summed E-state index contributed by atoms with van der Waals surface area (Å²) in [6.07, 6.45) is 10.6. The van der Waals surface area contributed by atoms with Crippen LogP contribution >= 0.6 is 0 Å². The molecule has 1 heterocycles. The highest BCUT2D eigenvalue weighted by molar-refractivity contribution is 4.95. The first-order valence-corrected chi connectivity index (χ1v) is 6.17. The topological polar surface area (TPSA) is 3.24 Å². The second-order valence-electron chi connectivity index (χ2n) is 5.34. The van der Waals surface area contributed by atoms with E-state index in [1.807, 2.05) is 0 Å². The van der Waals surface area contributed by atoms with Gasteiger partial charge in [-0.25, -0.2) is 0 Å². The Labute approximate surface area is 81.5 Å². The monoisotopic (exact) mass is 179 g/mol. The third kappa shape index (κ3) is 1.41. The van der Waals surface area contributed by atoms with E-state index in [-0.39, 0.29) is 0 Å². The minimum atomic E-state index is 1.01. The Kier molecular flexibility index (Phi) is 2.08. The average Bonchev–Trinajstić information content (AvgIpc) is 2.80. The maximum absolute atomic E-state index is 2.81. The first-order chi connectivity index (χ1) is 6.43. The molecular formula is C12H21N. The Morgan fingerprint density at radius 2 is 1.69 bits per heavy atom. The van der Waals surface area contributed by atoms with Gasteiger partial charge in [0.15, 0.2) is 0 Å². The minimum absolute atomic E-state index is 1.01. The van der Waals surface area contributed by atoms with E-state index in [9.17, 15) is 0 Å². The number of hydrogen-bond acceptors (Lipinski definition) is 1. The Bertz CT molecular complexity index is 184. The molecule has 1 saturated heterocycles. The highest BCUT2D eigenvalue weighted by Crippen LogP contribution is 2.46. The van der Waals surface area contributed by atoms with Crippen LogP contribution in [0.4, 0.5) is 0 Å². The second-order valence-corrected chi connectivity index (χ2v) is 5.34. The molecule has 1 nitrogen and oxygen atoms in total. The van der Waals surface area contributed by atoms with Crippen molar-refractivity contribution in [3.05, 3.63) is 0 Å². The van der Waals surface area contributed by atoms with Crippen LogP contribution in [0.2, 0.25) is 0 Å². The number of piperidine rings is 1. The lowest BCUT2D eigenvalue weighted by Gasteiger charge is -2.37. The van der Waals surface area contributed by atoms with Gasteiger partial charge in [0.2, 0.25) is 0 Å². The molecule has 3 aliphatic rings. The van der Waals surface area contributed by atoms with E-state index in [2.05, 4.69) is 4.90 Å². The van der Waals surface area contributed by atoms with Crippen molar-refractivity contribution in [3.8, 4) is 0 Å². The predicted octanol–water partition coefficient (Wildman–Crippen LogP) is 2.66. The number of fused-ring (bicyclic) bond motifs is 2. The molecule has 3 rings (SSSR count). The molecule has 74 valence electrons. The van der Waals surface area contributed by atoms with E-state index in [0.717, 1.165) is 17.9 Å². The van der Waals surface area contributed by atoms with E-state index in [0.29, 0.717) is 0 Å². The molecule has 0 N–H and O–H groups in total. The van der Waals surface area contributed by atoms with Gasteiger partial charge in [-0.2, -0.15) is 0 Å². The molecule has 1 heteroatoms. The van der Waals surface area contributed by atoms with Crippen LogP contribution in [0.1, 0.15) is 44.9 Å². The quantitative estimate of drug-likeness (QED) is 0.598. The fourth-order valence-corrected chi connectivity index (χ4v) is 3.91. The first kappa shape index (κ1) is 8.28. The average molecular weight is 179 g/mol. The van der Waals surface area contributed by atoms with Crippen LogP contribution in [0, 0.1) is 11.8 Å². The molecule has 0 aromatic rings. The van der Waals surface area contributed by atoms with Crippen LogP contribution in [-0.2, 0) is 0 Å². The van der Waals surface area contributed by atoms with Gasteiger partial charge < -0.3 is 4.90 Å². The summed E-state index contributed by atoms with van der Waals surface area (Å²) in [6.45, 7) is 2.82. The Hall–Kier alpha value is -0.0400. The lowest BCUT2D eigenvalue weighted by Crippen LogP contribution is -2.42. The van der Waals surface area contributed by atoms with Gasteiger partial charge in [0.25, 0.3) is 0 Å². The molecule has 0 radical (unpaired) electrons. The molecule has 0 aromatic heterocycles. The zero-order valence-electron chi connectivity index (χ0n) is 8.54. The van der Waals surface area contributed by atoms with Crippen LogP contribution in [0.25, 0.3) is 0 Å². The summed E-state index contributed by atoms with van der Waals surface area (Å²) in [5.74, 6) is 2.22. The van der Waals surface area contributed by atoms with Crippen LogP contribution in [-0.4, -0.2) is 24.0 Å². The van der Waals surface area contributed by atoms with E-state index >= 15 is 0 Å². The van der Waals surface area contributed by atoms with Crippen LogP contribution in [0.15, 0.2) is 0 Å². The lowest BCUT2D eigenvalue weighted by molar-refractivity contribution is 0.119. The molecule has 0 amide bonds. The minimum Gasteiger partial charge on any atom is -0.300 e. The SMILES string of the molecule is C1CCN(C2CC3CCC2C3)CC1. The van der Waals surface area contributed by atoms with Crippen molar-refractivity contribution in [1.29, 1.82) is 0 Å². The summed E-state index contributed by atoms with van der Waals surface area (Å²) in [6, 6.07) is 1.01. The number of likely N-dealkylation sites (tertiary alicyclic amines) is 1. The summed E-state index contributed by atoms with van der Waals surface area (Å²) in [7, 11) is 0. The zero-order valence-corrected chi connectivity index (χ0v) is 8.54. The molecule has 13 heavy (non-hydrogen) atoms. The van der Waals surface area contributed by atoms with E-state index in [4.69, 9.17) is 0 Å². The smallest absolute Gasteiger partial charge is 0.0126 e. The molecule has 2 saturated carbocycles. The van der Waals surface area contributed by atoms with E-state index in [1.165, 1.54) is 32.4 Å². The molecule has 0 spiro atoms. The zero-order chi connectivity index (χ0) is 8.67. The van der Waals surface area contributed by atoms with Gasteiger partial charge in [0.1, 0.15) is 0 Å². The summed E-state index contributed by atoms with van der Waals surface area (Å²) >= 11 is 0. The molecule has 3 unspecified atom stereocenters. The fraction of sp³-hybridized carbons (Fsp3) is 1.00. The maximum atomic E-state index is 2.81. The Balaban J connectivity index is 1.65. The number of hydrogen-bond donors (Lipinski definition) is 0. The number of rotatable bonds is 1. The third-order valence-corrected chi connectivity index (χ3v) is 4.56. The molecule has 2 aliphatic carbocycles. The maximum Gasteiger partial charge on any atom is 0.0126 e. The number of nitrogens with zero attached hydrogens (tertiary/aromatic N) is 1. The van der Waals surface area contributed by atoms with Crippen LogP contribution in [0.5, 0.6) is 0 Å². The second kappa shape index (κ2) is 3.27. The highest BCUT2D eigenvalue weighted by atomic mass is 15.2. The molecule has 2 bridgehead atoms. The molecule has 3 fully saturated rings. The van der Waals surface area contributed by atoms with Crippen molar-refractivity contribution in [2.75, 3.05) is 13.1 Å². The highest BCUT2D eigenvalue weighted by Gasteiger charge is 2.42. The summed E-state index contributed by atoms with van der Waals surface area (Å²) in [5, 5.41) is 0. The molecular weight excluding hydrogens is 158 g/mol. The van der Waals surface area contributed by atoms with Crippen molar-refractivity contribution in [3.63, 3.8) is 0 Å². The van der Waals surface area contributed by atoms with E-state index in [1.54, 1.807) is 25.7 Å². The lowest BCUT2D eigenvalue weighted by atomic mass is 9.92. The van der Waals surface area contributed by atoms with Crippen molar-refractivity contribution in [2.45, 2.75) is 51.0 Å². The molecule has 0 aromatic carbocycles. The first-order valence-electron chi connectivity index (χ1n) is 6.17. The van der Waals surface area contributed by atoms with Gasteiger partial charge in [-0.15, -0.1) is 0 Å². The van der Waals surface area contributed by atoms with Crippen molar-refractivity contribution in [2.24, 2.45) is 11.8 Å². The molecule has 1 aliphatic heterocycles. The standard InChI is InChI=1S/C12H21N/c1-2-6-13(7-3-1)12-9-10-4-5-11(12)8-10/h10-12H,1-9H2. The van der Waals surface area contributed by atoms with Crippen LogP contribution in [0.3, 0.4) is 0 Å². The van der Waals surface area contributed by atoms with Gasteiger partial charge in [-0.3, -0.25) is 0 Å². The summed E-state index contributed by atoms with van der Waals surface area (Å²) < 4.78 is 0. The van der Waals surface area contributed by atoms with Crippen LogP contribution < -0.4 is 0 Å². The van der Waals surface area contributed by atoms with Gasteiger partial charge in [-0.1, -0.05) is 12.8 Å². The Morgan fingerprint density at radius 3 is 2.31 bits per heavy atom. The van der Waals surface area contributed by atoms with Gasteiger partial charge in [-0.05, 0) is 57.0 Å². The van der Waals surface area contributed by atoms with Gasteiger partial charge in [0.05, 0.1) is 0 Å². The van der Waals surface area contributed by atoms with Crippen molar-refractivity contribution in [1.82, 2.24) is 4.90 Å². The van der Waals surface area contributed by atoms with E-state index < -0.39 is 0 Å². The summed E-state index contributed by atoms with van der Waals surface area (Å²) in [5.41, 5.74) is 0. The fourth-order valence-electron chi connectivity index (χ4n) is 3.91. The van der Waals surface area contributed by atoms with Crippen molar-refractivity contribution < 1.29 is 0 Å². The molecule has 3 atom stereocenters. The largest absolute Gasteiger partial charge is 0.300 e. The van der Waals surface area contributed by atoms with Gasteiger partial charge >= 0.3 is 0 Å². The normalized spacial score (nSPS) is 45.7. The van der Waals surface area contributed by atoms with Gasteiger partial charge in [0, 0.05) is 6.04 Å².